The maximum Gasteiger partial charge on any atom is 0.0715 e. The van der Waals surface area contributed by atoms with Crippen LogP contribution < -0.4 is 0 Å². The summed E-state index contributed by atoms with van der Waals surface area (Å²) < 4.78 is 0. The van der Waals surface area contributed by atoms with Gasteiger partial charge >= 0.3 is 0 Å². The van der Waals surface area contributed by atoms with Crippen molar-refractivity contribution in [2.75, 3.05) is 32.7 Å². The van der Waals surface area contributed by atoms with E-state index in [-0.39, 0.29) is 11.5 Å². The number of aliphatic hydroxyl groups is 1. The van der Waals surface area contributed by atoms with Gasteiger partial charge in [0.15, 0.2) is 0 Å². The molecule has 1 atom stereocenters. The molecule has 3 nitrogen and oxygen atoms in total. The first-order valence-corrected chi connectivity index (χ1v) is 7.61. The maximum atomic E-state index is 10.2. The van der Waals surface area contributed by atoms with E-state index >= 15 is 0 Å². The maximum absolute atomic E-state index is 10.2. The SMILES string of the molecule is CC(C)(C)C(O)CN1CCN(C2CCCC2)CC1. The summed E-state index contributed by atoms with van der Waals surface area (Å²) in [6.45, 7) is 11.8. The Labute approximate surface area is 112 Å². The smallest absolute Gasteiger partial charge is 0.0715 e. The molecule has 0 aromatic heterocycles. The van der Waals surface area contributed by atoms with Gasteiger partial charge in [0.1, 0.15) is 0 Å². The molecule has 1 saturated carbocycles. The van der Waals surface area contributed by atoms with Crippen LogP contribution in [-0.4, -0.2) is 59.8 Å². The first-order chi connectivity index (χ1) is 8.47. The monoisotopic (exact) mass is 254 g/mol. The van der Waals surface area contributed by atoms with Crippen LogP contribution in [0.25, 0.3) is 0 Å². The number of hydrogen-bond acceptors (Lipinski definition) is 3. The van der Waals surface area contributed by atoms with Crippen molar-refractivity contribution < 1.29 is 5.11 Å². The predicted molar refractivity (Wildman–Crippen MR) is 75.7 cm³/mol. The first-order valence-electron chi connectivity index (χ1n) is 7.61. The van der Waals surface area contributed by atoms with Gasteiger partial charge in [0.2, 0.25) is 0 Å². The standard InChI is InChI=1S/C15H30N2O/c1-15(2,3)14(18)12-16-8-10-17(11-9-16)13-6-4-5-7-13/h13-14,18H,4-12H2,1-3H3. The summed E-state index contributed by atoms with van der Waals surface area (Å²) in [5.74, 6) is 0. The zero-order valence-electron chi connectivity index (χ0n) is 12.4. The van der Waals surface area contributed by atoms with Crippen molar-refractivity contribution in [3.05, 3.63) is 0 Å². The average molecular weight is 254 g/mol. The van der Waals surface area contributed by atoms with Crippen LogP contribution in [0.5, 0.6) is 0 Å². The van der Waals surface area contributed by atoms with Crippen molar-refractivity contribution in [2.24, 2.45) is 5.41 Å². The summed E-state index contributed by atoms with van der Waals surface area (Å²) in [5, 5.41) is 10.2. The molecule has 2 fully saturated rings. The Kier molecular flexibility index (Phi) is 4.68. The quantitative estimate of drug-likeness (QED) is 0.834. The molecule has 0 amide bonds. The normalized spacial score (nSPS) is 26.7. The molecule has 3 heteroatoms. The average Bonchev–Trinajstić information content (AvgIpc) is 2.82. The number of nitrogens with zero attached hydrogens (tertiary/aromatic N) is 2. The molecule has 0 radical (unpaired) electrons. The van der Waals surface area contributed by atoms with E-state index in [0.29, 0.717) is 0 Å². The lowest BCUT2D eigenvalue weighted by Crippen LogP contribution is -2.52. The summed E-state index contributed by atoms with van der Waals surface area (Å²) in [6, 6.07) is 0.861. The number of hydrogen-bond donors (Lipinski definition) is 1. The summed E-state index contributed by atoms with van der Waals surface area (Å²) in [5.41, 5.74) is 0.00257. The molecule has 106 valence electrons. The van der Waals surface area contributed by atoms with Crippen LogP contribution in [0.4, 0.5) is 0 Å². The molecule has 1 heterocycles. The van der Waals surface area contributed by atoms with Crippen LogP contribution in [0.2, 0.25) is 0 Å². The van der Waals surface area contributed by atoms with E-state index in [1.807, 2.05) is 0 Å². The lowest BCUT2D eigenvalue weighted by molar-refractivity contribution is 0.00815. The van der Waals surface area contributed by atoms with Gasteiger partial charge in [-0.15, -0.1) is 0 Å². The second-order valence-electron chi connectivity index (χ2n) is 7.16. The Hall–Kier alpha value is -0.120. The minimum atomic E-state index is -0.212. The van der Waals surface area contributed by atoms with Crippen LogP contribution >= 0.6 is 0 Å². The van der Waals surface area contributed by atoms with E-state index in [1.165, 1.54) is 38.8 Å². The topological polar surface area (TPSA) is 26.7 Å². The van der Waals surface area contributed by atoms with Crippen molar-refractivity contribution in [1.82, 2.24) is 9.80 Å². The van der Waals surface area contributed by atoms with Crippen LogP contribution in [0.1, 0.15) is 46.5 Å². The highest BCUT2D eigenvalue weighted by molar-refractivity contribution is 4.84. The fraction of sp³-hybridized carbons (Fsp3) is 1.00. The van der Waals surface area contributed by atoms with Crippen LogP contribution in [0.3, 0.4) is 0 Å². The van der Waals surface area contributed by atoms with E-state index in [0.717, 1.165) is 25.7 Å². The first kappa shape index (κ1) is 14.3. The molecule has 0 bridgehead atoms. The zero-order valence-corrected chi connectivity index (χ0v) is 12.4. The third-order valence-corrected chi connectivity index (χ3v) is 4.68. The number of aliphatic hydroxyl groups excluding tert-OH is 1. The van der Waals surface area contributed by atoms with Crippen LogP contribution in [-0.2, 0) is 0 Å². The van der Waals surface area contributed by atoms with Gasteiger partial charge < -0.3 is 5.11 Å². The lowest BCUT2D eigenvalue weighted by Gasteiger charge is -2.40. The minimum Gasteiger partial charge on any atom is -0.391 e. The fourth-order valence-corrected chi connectivity index (χ4v) is 3.10. The van der Waals surface area contributed by atoms with E-state index in [4.69, 9.17) is 0 Å². The summed E-state index contributed by atoms with van der Waals surface area (Å²) in [4.78, 5) is 5.11. The molecular formula is C15H30N2O. The summed E-state index contributed by atoms with van der Waals surface area (Å²) >= 11 is 0. The number of rotatable bonds is 3. The third kappa shape index (κ3) is 3.69. The van der Waals surface area contributed by atoms with Crippen LogP contribution in [0.15, 0.2) is 0 Å². The molecule has 2 aliphatic rings. The van der Waals surface area contributed by atoms with E-state index in [2.05, 4.69) is 30.6 Å². The second kappa shape index (κ2) is 5.89. The van der Waals surface area contributed by atoms with Crippen LogP contribution in [0, 0.1) is 5.41 Å². The van der Waals surface area contributed by atoms with Gasteiger partial charge in [-0.1, -0.05) is 33.6 Å². The lowest BCUT2D eigenvalue weighted by atomic mass is 9.89. The van der Waals surface area contributed by atoms with Gasteiger partial charge in [0, 0.05) is 38.8 Å². The van der Waals surface area contributed by atoms with E-state index in [1.54, 1.807) is 0 Å². The molecule has 0 aromatic carbocycles. The molecule has 1 aliphatic heterocycles. The Morgan fingerprint density at radius 3 is 2.11 bits per heavy atom. The summed E-state index contributed by atoms with van der Waals surface area (Å²) in [7, 11) is 0. The predicted octanol–water partition coefficient (Wildman–Crippen LogP) is 1.95. The highest BCUT2D eigenvalue weighted by Gasteiger charge is 2.29. The van der Waals surface area contributed by atoms with Gasteiger partial charge in [0.05, 0.1) is 6.10 Å². The number of piperazine rings is 1. The highest BCUT2D eigenvalue weighted by atomic mass is 16.3. The molecule has 1 N–H and O–H groups in total. The highest BCUT2D eigenvalue weighted by Crippen LogP contribution is 2.25. The molecule has 1 saturated heterocycles. The molecule has 0 spiro atoms. The molecular weight excluding hydrogens is 224 g/mol. The van der Waals surface area contributed by atoms with Crippen molar-refractivity contribution in [3.63, 3.8) is 0 Å². The summed E-state index contributed by atoms with van der Waals surface area (Å²) in [6.07, 6.45) is 5.45. The fourth-order valence-electron chi connectivity index (χ4n) is 3.10. The Morgan fingerprint density at radius 1 is 1.06 bits per heavy atom. The van der Waals surface area contributed by atoms with Crippen molar-refractivity contribution in [3.8, 4) is 0 Å². The Bertz CT molecular complexity index is 248. The number of β-amino-alcohol motifs (C(OH)–C–C–N with tert-alkyl or cyclic N) is 1. The van der Waals surface area contributed by atoms with Gasteiger partial charge in [0.25, 0.3) is 0 Å². The minimum absolute atomic E-state index is 0.00257. The third-order valence-electron chi connectivity index (χ3n) is 4.68. The molecule has 0 aromatic rings. The second-order valence-corrected chi connectivity index (χ2v) is 7.16. The zero-order chi connectivity index (χ0) is 13.2. The van der Waals surface area contributed by atoms with Gasteiger partial charge in [-0.3, -0.25) is 9.80 Å². The van der Waals surface area contributed by atoms with Crippen molar-refractivity contribution in [2.45, 2.75) is 58.6 Å². The Morgan fingerprint density at radius 2 is 1.61 bits per heavy atom. The van der Waals surface area contributed by atoms with Crippen molar-refractivity contribution >= 4 is 0 Å². The Balaban J connectivity index is 1.73. The van der Waals surface area contributed by atoms with Gasteiger partial charge in [-0.05, 0) is 18.3 Å². The molecule has 1 unspecified atom stereocenters. The van der Waals surface area contributed by atoms with Gasteiger partial charge in [-0.25, -0.2) is 0 Å². The molecule has 18 heavy (non-hydrogen) atoms. The van der Waals surface area contributed by atoms with Gasteiger partial charge in [-0.2, -0.15) is 0 Å². The van der Waals surface area contributed by atoms with E-state index in [9.17, 15) is 5.11 Å². The largest absolute Gasteiger partial charge is 0.391 e. The molecule has 1 aliphatic carbocycles. The van der Waals surface area contributed by atoms with E-state index < -0.39 is 0 Å². The van der Waals surface area contributed by atoms with Crippen molar-refractivity contribution in [1.29, 1.82) is 0 Å². The molecule has 2 rings (SSSR count).